The van der Waals surface area contributed by atoms with Gasteiger partial charge in [0.05, 0.1) is 19.6 Å². The maximum absolute atomic E-state index is 13.6. The number of hydrogen-bond acceptors (Lipinski definition) is 3. The van der Waals surface area contributed by atoms with Gasteiger partial charge in [-0.15, -0.1) is 0 Å². The third-order valence-electron chi connectivity index (χ3n) is 4.22. The molecule has 1 aromatic rings. The predicted octanol–water partition coefficient (Wildman–Crippen LogP) is 1.98. The average molecular weight is 293 g/mol. The highest BCUT2D eigenvalue weighted by atomic mass is 19.1. The minimum atomic E-state index is -0.312. The summed E-state index contributed by atoms with van der Waals surface area (Å²) >= 11 is 0. The van der Waals surface area contributed by atoms with Crippen molar-refractivity contribution in [3.63, 3.8) is 0 Å². The quantitative estimate of drug-likeness (QED) is 0.855. The van der Waals surface area contributed by atoms with Crippen LogP contribution in [-0.4, -0.2) is 43.4 Å². The Bertz CT molecular complexity index is 494. The summed E-state index contributed by atoms with van der Waals surface area (Å²) in [5, 5.41) is 0. The minimum absolute atomic E-state index is 0.00758. The van der Waals surface area contributed by atoms with E-state index in [1.54, 1.807) is 18.2 Å². The molecule has 21 heavy (non-hydrogen) atoms. The molecule has 0 spiro atoms. The molecule has 5 heteroatoms. The van der Waals surface area contributed by atoms with Crippen molar-refractivity contribution >= 4 is 5.91 Å². The molecule has 2 heterocycles. The second-order valence-electron chi connectivity index (χ2n) is 5.60. The normalized spacial score (nSPS) is 20.9. The number of amides is 1. The minimum Gasteiger partial charge on any atom is -0.350 e. The number of piperidine rings is 1. The summed E-state index contributed by atoms with van der Waals surface area (Å²) in [6.07, 6.45) is 1.79. The van der Waals surface area contributed by atoms with Gasteiger partial charge in [-0.3, -0.25) is 4.79 Å². The van der Waals surface area contributed by atoms with E-state index >= 15 is 0 Å². The molecular formula is C16H20FNO3. The van der Waals surface area contributed by atoms with Crippen LogP contribution in [0.1, 0.15) is 18.4 Å². The molecule has 0 unspecified atom stereocenters. The van der Waals surface area contributed by atoms with E-state index in [1.807, 2.05) is 4.90 Å². The molecule has 0 aliphatic carbocycles. The maximum Gasteiger partial charge on any atom is 0.227 e. The Morgan fingerprint density at radius 2 is 1.86 bits per heavy atom. The fraction of sp³-hybridized carbons (Fsp3) is 0.562. The number of carbonyl (C=O) groups excluding carboxylic acids is 1. The summed E-state index contributed by atoms with van der Waals surface area (Å²) in [5.41, 5.74) is 0.465. The van der Waals surface area contributed by atoms with E-state index in [0.717, 1.165) is 12.8 Å². The second-order valence-corrected chi connectivity index (χ2v) is 5.60. The molecule has 1 amide bonds. The molecule has 3 rings (SSSR count). The van der Waals surface area contributed by atoms with Gasteiger partial charge >= 0.3 is 0 Å². The Labute approximate surface area is 123 Å². The molecular weight excluding hydrogens is 273 g/mol. The van der Waals surface area contributed by atoms with Crippen LogP contribution in [0.25, 0.3) is 0 Å². The predicted molar refractivity (Wildman–Crippen MR) is 75.1 cm³/mol. The van der Waals surface area contributed by atoms with Gasteiger partial charge in [-0.2, -0.15) is 0 Å². The zero-order chi connectivity index (χ0) is 14.7. The third-order valence-corrected chi connectivity index (χ3v) is 4.22. The second kappa shape index (κ2) is 6.54. The molecule has 4 nitrogen and oxygen atoms in total. The molecule has 0 atom stereocenters. The van der Waals surface area contributed by atoms with E-state index in [4.69, 9.17) is 9.47 Å². The number of carbonyl (C=O) groups is 1. The largest absolute Gasteiger partial charge is 0.350 e. The Morgan fingerprint density at radius 3 is 2.52 bits per heavy atom. The number of benzene rings is 1. The highest BCUT2D eigenvalue weighted by Gasteiger charge is 2.31. The molecule has 0 aromatic heterocycles. The van der Waals surface area contributed by atoms with Crippen molar-refractivity contribution in [2.75, 3.05) is 26.3 Å². The zero-order valence-electron chi connectivity index (χ0n) is 12.0. The van der Waals surface area contributed by atoms with Crippen LogP contribution in [0.5, 0.6) is 0 Å². The number of hydrogen-bond donors (Lipinski definition) is 0. The van der Waals surface area contributed by atoms with Crippen molar-refractivity contribution in [2.24, 2.45) is 5.92 Å². The van der Waals surface area contributed by atoms with Crippen LogP contribution >= 0.6 is 0 Å². The fourth-order valence-corrected chi connectivity index (χ4v) is 2.99. The van der Waals surface area contributed by atoms with Crippen LogP contribution in [0.2, 0.25) is 0 Å². The zero-order valence-corrected chi connectivity index (χ0v) is 12.0. The van der Waals surface area contributed by atoms with Crippen molar-refractivity contribution in [1.82, 2.24) is 4.90 Å². The highest BCUT2D eigenvalue weighted by molar-refractivity contribution is 5.78. The molecule has 2 aliphatic rings. The first kappa shape index (κ1) is 14.5. The lowest BCUT2D eigenvalue weighted by atomic mass is 9.95. The molecule has 2 fully saturated rings. The van der Waals surface area contributed by atoms with E-state index in [9.17, 15) is 9.18 Å². The topological polar surface area (TPSA) is 38.8 Å². The lowest BCUT2D eigenvalue weighted by Crippen LogP contribution is -2.42. The monoisotopic (exact) mass is 293 g/mol. The van der Waals surface area contributed by atoms with E-state index in [1.165, 1.54) is 6.07 Å². The van der Waals surface area contributed by atoms with Gasteiger partial charge in [0.25, 0.3) is 0 Å². The Kier molecular flexibility index (Phi) is 4.51. The summed E-state index contributed by atoms with van der Waals surface area (Å²) in [5.74, 6) is 0.0466. The van der Waals surface area contributed by atoms with Gasteiger partial charge in [-0.1, -0.05) is 18.2 Å². The van der Waals surface area contributed by atoms with Crippen LogP contribution in [0.4, 0.5) is 4.39 Å². The number of nitrogens with zero attached hydrogens (tertiary/aromatic N) is 1. The van der Waals surface area contributed by atoms with Gasteiger partial charge in [0.2, 0.25) is 5.91 Å². The first-order chi connectivity index (χ1) is 10.2. The van der Waals surface area contributed by atoms with Gasteiger partial charge in [0.15, 0.2) is 6.29 Å². The van der Waals surface area contributed by atoms with Crippen molar-refractivity contribution < 1.29 is 18.7 Å². The van der Waals surface area contributed by atoms with Gasteiger partial charge in [-0.05, 0) is 24.5 Å². The van der Waals surface area contributed by atoms with Crippen LogP contribution in [0, 0.1) is 11.7 Å². The Balaban J connectivity index is 1.52. The van der Waals surface area contributed by atoms with E-state index in [-0.39, 0.29) is 24.4 Å². The molecule has 0 N–H and O–H groups in total. The molecule has 1 aromatic carbocycles. The number of ether oxygens (including phenoxy) is 2. The standard InChI is InChI=1S/C16H20FNO3/c17-14-4-2-1-3-13(14)11-15(19)18-7-5-12(6-8-18)16-20-9-10-21-16/h1-4,12,16H,5-11H2. The van der Waals surface area contributed by atoms with Gasteiger partial charge in [-0.25, -0.2) is 4.39 Å². The lowest BCUT2D eigenvalue weighted by molar-refractivity contribution is -0.136. The molecule has 0 bridgehead atoms. The molecule has 2 saturated heterocycles. The molecule has 0 saturated carbocycles. The summed E-state index contributed by atoms with van der Waals surface area (Å²) in [6.45, 7) is 2.72. The number of likely N-dealkylation sites (tertiary alicyclic amines) is 1. The van der Waals surface area contributed by atoms with Crippen molar-refractivity contribution in [3.05, 3.63) is 35.6 Å². The van der Waals surface area contributed by atoms with Gasteiger partial charge < -0.3 is 14.4 Å². The average Bonchev–Trinajstić information content (AvgIpc) is 3.04. The smallest absolute Gasteiger partial charge is 0.227 e. The SMILES string of the molecule is O=C(Cc1ccccc1F)N1CCC(C2OCCO2)CC1. The van der Waals surface area contributed by atoms with E-state index in [2.05, 4.69) is 0 Å². The van der Waals surface area contributed by atoms with Crippen molar-refractivity contribution in [1.29, 1.82) is 0 Å². The maximum atomic E-state index is 13.6. The molecule has 0 radical (unpaired) electrons. The van der Waals surface area contributed by atoms with Crippen LogP contribution in [0.3, 0.4) is 0 Å². The van der Waals surface area contributed by atoms with Gasteiger partial charge in [0, 0.05) is 19.0 Å². The third kappa shape index (κ3) is 3.41. The van der Waals surface area contributed by atoms with Crippen LogP contribution in [-0.2, 0) is 20.7 Å². The molecule has 114 valence electrons. The highest BCUT2D eigenvalue weighted by Crippen LogP contribution is 2.26. The van der Waals surface area contributed by atoms with Crippen LogP contribution < -0.4 is 0 Å². The van der Waals surface area contributed by atoms with E-state index < -0.39 is 0 Å². The molecule has 2 aliphatic heterocycles. The van der Waals surface area contributed by atoms with Crippen molar-refractivity contribution in [3.8, 4) is 0 Å². The number of rotatable bonds is 3. The lowest BCUT2D eigenvalue weighted by Gasteiger charge is -2.34. The number of halogens is 1. The Morgan fingerprint density at radius 1 is 1.19 bits per heavy atom. The summed E-state index contributed by atoms with van der Waals surface area (Å²) < 4.78 is 24.6. The first-order valence-corrected chi connectivity index (χ1v) is 7.48. The first-order valence-electron chi connectivity index (χ1n) is 7.48. The summed E-state index contributed by atoms with van der Waals surface area (Å²) in [7, 11) is 0. The summed E-state index contributed by atoms with van der Waals surface area (Å²) in [6, 6.07) is 6.45. The van der Waals surface area contributed by atoms with Crippen LogP contribution in [0.15, 0.2) is 24.3 Å². The van der Waals surface area contributed by atoms with Gasteiger partial charge in [0.1, 0.15) is 5.82 Å². The fourth-order valence-electron chi connectivity index (χ4n) is 2.99. The van der Waals surface area contributed by atoms with Crippen molar-refractivity contribution in [2.45, 2.75) is 25.6 Å². The van der Waals surface area contributed by atoms with E-state index in [0.29, 0.717) is 37.8 Å². The summed E-state index contributed by atoms with van der Waals surface area (Å²) in [4.78, 5) is 14.1. The Hall–Kier alpha value is -1.46.